The van der Waals surface area contributed by atoms with E-state index in [1.165, 1.54) is 19.2 Å². The van der Waals surface area contributed by atoms with E-state index in [0.717, 1.165) is 6.07 Å². The fraction of sp³-hybridized carbons (Fsp3) is 0.357. The first-order valence-corrected chi connectivity index (χ1v) is 6.78. The molecular weight excluding hydrogens is 332 g/mol. The van der Waals surface area contributed by atoms with Crippen molar-refractivity contribution in [3.8, 4) is 11.4 Å². The Hall–Kier alpha value is -2.49. The van der Waals surface area contributed by atoms with E-state index in [9.17, 15) is 17.6 Å². The molecule has 1 aromatic heterocycles. The molecule has 0 aliphatic rings. The molecule has 130 valence electrons. The molecule has 0 bridgehead atoms. The van der Waals surface area contributed by atoms with Gasteiger partial charge in [-0.1, -0.05) is 22.4 Å². The molecule has 6 nitrogen and oxygen atoms in total. The number of halogens is 4. The number of oxime groups is 1. The van der Waals surface area contributed by atoms with Gasteiger partial charge in [-0.25, -0.2) is 4.39 Å². The molecular formula is C14H14F4N4O2. The van der Waals surface area contributed by atoms with Crippen molar-refractivity contribution in [3.63, 3.8) is 0 Å². The van der Waals surface area contributed by atoms with Gasteiger partial charge in [0.1, 0.15) is 12.9 Å². The standard InChI is InChI=1S/C14H14F4N4O2/c1-8(21-23-2)6-19-7-10-4-3-9(5-11(10)15)12-20-13(24-22-12)14(16,17)18/h3-5,19H,6-7H2,1-2H3/b21-8+. The molecule has 0 amide bonds. The molecule has 2 rings (SSSR count). The molecule has 0 saturated carbocycles. The Morgan fingerprint density at radius 1 is 1.38 bits per heavy atom. The van der Waals surface area contributed by atoms with E-state index in [1.54, 1.807) is 6.92 Å². The third-order valence-corrected chi connectivity index (χ3v) is 2.92. The normalized spacial score (nSPS) is 12.5. The van der Waals surface area contributed by atoms with Crippen LogP contribution < -0.4 is 5.32 Å². The Morgan fingerprint density at radius 3 is 2.71 bits per heavy atom. The Labute approximate surface area is 134 Å². The number of nitrogens with one attached hydrogen (secondary N) is 1. The summed E-state index contributed by atoms with van der Waals surface area (Å²) in [6, 6.07) is 3.91. The molecule has 0 spiro atoms. The molecule has 1 heterocycles. The second-order valence-electron chi connectivity index (χ2n) is 4.84. The molecule has 0 fully saturated rings. The highest BCUT2D eigenvalue weighted by atomic mass is 19.4. The zero-order valence-corrected chi connectivity index (χ0v) is 12.8. The highest BCUT2D eigenvalue weighted by Crippen LogP contribution is 2.29. The van der Waals surface area contributed by atoms with E-state index in [-0.39, 0.29) is 17.9 Å². The number of aromatic nitrogens is 2. The fourth-order valence-electron chi connectivity index (χ4n) is 1.85. The van der Waals surface area contributed by atoms with Crippen LogP contribution in [-0.2, 0) is 17.6 Å². The fourth-order valence-corrected chi connectivity index (χ4v) is 1.85. The van der Waals surface area contributed by atoms with Gasteiger partial charge in [-0.2, -0.15) is 18.2 Å². The monoisotopic (exact) mass is 346 g/mol. The van der Waals surface area contributed by atoms with Crippen LogP contribution in [0.15, 0.2) is 27.9 Å². The van der Waals surface area contributed by atoms with E-state index < -0.39 is 17.9 Å². The van der Waals surface area contributed by atoms with E-state index in [1.807, 2.05) is 0 Å². The number of rotatable bonds is 6. The third-order valence-electron chi connectivity index (χ3n) is 2.92. The van der Waals surface area contributed by atoms with Crippen LogP contribution in [0.25, 0.3) is 11.4 Å². The zero-order valence-electron chi connectivity index (χ0n) is 12.8. The van der Waals surface area contributed by atoms with Gasteiger partial charge < -0.3 is 14.7 Å². The number of hydrogen-bond donors (Lipinski definition) is 1. The minimum atomic E-state index is -4.74. The van der Waals surface area contributed by atoms with Crippen LogP contribution in [-0.4, -0.2) is 29.5 Å². The molecule has 24 heavy (non-hydrogen) atoms. The van der Waals surface area contributed by atoms with Gasteiger partial charge >= 0.3 is 12.1 Å². The maximum atomic E-state index is 14.0. The molecule has 0 aliphatic carbocycles. The molecule has 1 aromatic carbocycles. The van der Waals surface area contributed by atoms with E-state index in [2.05, 4.69) is 30.0 Å². The Bertz CT molecular complexity index is 728. The average Bonchev–Trinajstić information content (AvgIpc) is 2.99. The minimum absolute atomic E-state index is 0.0904. The number of benzene rings is 1. The highest BCUT2D eigenvalue weighted by Gasteiger charge is 2.38. The van der Waals surface area contributed by atoms with E-state index in [4.69, 9.17) is 0 Å². The summed E-state index contributed by atoms with van der Waals surface area (Å²) in [5.74, 6) is -2.40. The first-order valence-electron chi connectivity index (χ1n) is 6.78. The Kier molecular flexibility index (Phi) is 5.50. The van der Waals surface area contributed by atoms with Crippen LogP contribution in [0.2, 0.25) is 0 Å². The summed E-state index contributed by atoms with van der Waals surface area (Å²) in [5, 5.41) is 9.87. The van der Waals surface area contributed by atoms with Gasteiger partial charge in [0.2, 0.25) is 5.82 Å². The minimum Gasteiger partial charge on any atom is -0.399 e. The van der Waals surface area contributed by atoms with Crippen LogP contribution in [0.1, 0.15) is 18.4 Å². The van der Waals surface area contributed by atoms with Gasteiger partial charge in [0.05, 0.1) is 5.71 Å². The summed E-state index contributed by atoms with van der Waals surface area (Å²) in [4.78, 5) is 7.81. The zero-order chi connectivity index (χ0) is 17.7. The number of hydrogen-bond acceptors (Lipinski definition) is 6. The Morgan fingerprint density at radius 2 is 2.12 bits per heavy atom. The molecule has 1 N–H and O–H groups in total. The second-order valence-corrected chi connectivity index (χ2v) is 4.84. The average molecular weight is 346 g/mol. The lowest BCUT2D eigenvalue weighted by molar-refractivity contribution is -0.159. The van der Waals surface area contributed by atoms with Gasteiger partial charge in [-0.05, 0) is 13.0 Å². The van der Waals surface area contributed by atoms with Gasteiger partial charge in [-0.3, -0.25) is 0 Å². The number of nitrogens with zero attached hydrogens (tertiary/aromatic N) is 3. The predicted molar refractivity (Wildman–Crippen MR) is 76.5 cm³/mol. The van der Waals surface area contributed by atoms with Crippen molar-refractivity contribution < 1.29 is 26.9 Å². The molecule has 0 aliphatic heterocycles. The first kappa shape index (κ1) is 17.9. The Balaban J connectivity index is 2.07. The molecule has 10 heteroatoms. The van der Waals surface area contributed by atoms with Gasteiger partial charge in [-0.15, -0.1) is 0 Å². The van der Waals surface area contributed by atoms with E-state index >= 15 is 0 Å². The molecule has 0 saturated heterocycles. The van der Waals surface area contributed by atoms with Gasteiger partial charge in [0.25, 0.3) is 0 Å². The molecule has 0 atom stereocenters. The van der Waals surface area contributed by atoms with Crippen molar-refractivity contribution in [1.29, 1.82) is 0 Å². The number of alkyl halides is 3. The SMILES string of the molecule is CO/N=C(\C)CNCc1ccc(-c2noc(C(F)(F)F)n2)cc1F. The topological polar surface area (TPSA) is 72.5 Å². The smallest absolute Gasteiger partial charge is 0.399 e. The molecule has 0 radical (unpaired) electrons. The highest BCUT2D eigenvalue weighted by molar-refractivity contribution is 5.83. The summed E-state index contributed by atoms with van der Waals surface area (Å²) < 4.78 is 55.4. The first-order chi connectivity index (χ1) is 11.3. The largest absolute Gasteiger partial charge is 0.471 e. The van der Waals surface area contributed by atoms with Crippen LogP contribution in [0, 0.1) is 5.82 Å². The van der Waals surface area contributed by atoms with Crippen LogP contribution >= 0.6 is 0 Å². The lowest BCUT2D eigenvalue weighted by Gasteiger charge is -2.06. The summed E-state index contributed by atoms with van der Waals surface area (Å²) in [6.45, 7) is 2.35. The van der Waals surface area contributed by atoms with Crippen molar-refractivity contribution in [1.82, 2.24) is 15.5 Å². The van der Waals surface area contributed by atoms with E-state index in [0.29, 0.717) is 17.8 Å². The van der Waals surface area contributed by atoms with Crippen LogP contribution in [0.5, 0.6) is 0 Å². The molecule has 2 aromatic rings. The van der Waals surface area contributed by atoms with Crippen molar-refractivity contribution in [2.45, 2.75) is 19.6 Å². The van der Waals surface area contributed by atoms with Crippen LogP contribution in [0.3, 0.4) is 0 Å². The second kappa shape index (κ2) is 7.39. The summed E-state index contributed by atoms with van der Waals surface area (Å²) in [5.41, 5.74) is 1.11. The summed E-state index contributed by atoms with van der Waals surface area (Å²) in [6.07, 6.45) is -4.74. The molecule has 0 unspecified atom stereocenters. The van der Waals surface area contributed by atoms with Crippen molar-refractivity contribution in [3.05, 3.63) is 35.5 Å². The van der Waals surface area contributed by atoms with Gasteiger partial charge in [0.15, 0.2) is 0 Å². The maximum absolute atomic E-state index is 14.0. The third kappa shape index (κ3) is 4.51. The quantitative estimate of drug-likeness (QED) is 0.495. The predicted octanol–water partition coefficient (Wildman–Crippen LogP) is 3.01. The van der Waals surface area contributed by atoms with Crippen LogP contribution in [0.4, 0.5) is 17.6 Å². The van der Waals surface area contributed by atoms with Crippen molar-refractivity contribution in [2.24, 2.45) is 5.16 Å². The lowest BCUT2D eigenvalue weighted by atomic mass is 10.1. The summed E-state index contributed by atoms with van der Waals surface area (Å²) >= 11 is 0. The van der Waals surface area contributed by atoms with Crippen molar-refractivity contribution >= 4 is 5.71 Å². The van der Waals surface area contributed by atoms with Crippen molar-refractivity contribution in [2.75, 3.05) is 13.7 Å². The maximum Gasteiger partial charge on any atom is 0.471 e. The van der Waals surface area contributed by atoms with Gasteiger partial charge in [0, 0.05) is 24.2 Å². The summed E-state index contributed by atoms with van der Waals surface area (Å²) in [7, 11) is 1.42. The lowest BCUT2D eigenvalue weighted by Crippen LogP contribution is -2.21.